The fourth-order valence-electron chi connectivity index (χ4n) is 5.95. The molecule has 0 aromatic carbocycles. The first-order chi connectivity index (χ1) is 16.5. The molecule has 1 aliphatic carbocycles. The lowest BCUT2D eigenvalue weighted by molar-refractivity contribution is -0.124. The van der Waals surface area contributed by atoms with E-state index in [1.54, 1.807) is 17.2 Å². The zero-order valence-corrected chi connectivity index (χ0v) is 19.9. The number of anilines is 2. The van der Waals surface area contributed by atoms with Gasteiger partial charge in [0.15, 0.2) is 0 Å². The van der Waals surface area contributed by atoms with E-state index in [4.69, 9.17) is 4.74 Å². The Hall–Kier alpha value is -2.68. The van der Waals surface area contributed by atoms with Gasteiger partial charge in [-0.2, -0.15) is 0 Å². The van der Waals surface area contributed by atoms with E-state index in [1.807, 2.05) is 0 Å². The summed E-state index contributed by atoms with van der Waals surface area (Å²) in [6.45, 7) is 4.80. The summed E-state index contributed by atoms with van der Waals surface area (Å²) < 4.78 is 5.46. The molecule has 1 aromatic heterocycles. The number of likely N-dealkylation sites (tertiary alicyclic amines) is 1. The molecule has 2 saturated heterocycles. The second kappa shape index (κ2) is 9.52. The smallest absolute Gasteiger partial charge is 0.318 e. The highest BCUT2D eigenvalue weighted by atomic mass is 16.5. The number of aromatic nitrogens is 1. The second-order valence-electron chi connectivity index (χ2n) is 10.4. The van der Waals surface area contributed by atoms with Crippen molar-refractivity contribution in [2.75, 3.05) is 36.9 Å². The van der Waals surface area contributed by atoms with Crippen molar-refractivity contribution >= 4 is 29.4 Å². The lowest BCUT2D eigenvalue weighted by Crippen LogP contribution is -2.52. The Bertz CT molecular complexity index is 947. The van der Waals surface area contributed by atoms with Crippen LogP contribution in [0.15, 0.2) is 12.3 Å². The molecule has 3 aliphatic heterocycles. The summed E-state index contributed by atoms with van der Waals surface area (Å²) in [6.07, 6.45) is 8.91. The van der Waals surface area contributed by atoms with Crippen LogP contribution in [0.1, 0.15) is 63.9 Å². The predicted octanol–water partition coefficient (Wildman–Crippen LogP) is 3.02. The zero-order valence-electron chi connectivity index (χ0n) is 19.9. The Morgan fingerprint density at radius 2 is 1.88 bits per heavy atom. The number of hydrogen-bond donors (Lipinski definition) is 3. The van der Waals surface area contributed by atoms with E-state index in [0.29, 0.717) is 43.5 Å². The molecule has 184 valence electrons. The molecule has 1 aromatic rings. The first-order valence-corrected chi connectivity index (χ1v) is 12.7. The molecule has 1 spiro atoms. The molecule has 0 bridgehead atoms. The lowest BCUT2D eigenvalue weighted by Gasteiger charge is -2.33. The maximum absolute atomic E-state index is 13.4. The Balaban J connectivity index is 1.32. The third-order valence-electron chi connectivity index (χ3n) is 8.19. The van der Waals surface area contributed by atoms with Crippen molar-refractivity contribution in [3.05, 3.63) is 17.8 Å². The van der Waals surface area contributed by atoms with E-state index in [2.05, 4.69) is 27.9 Å². The lowest BCUT2D eigenvalue weighted by atomic mass is 9.76. The quantitative estimate of drug-likeness (QED) is 0.628. The fourth-order valence-corrected chi connectivity index (χ4v) is 5.95. The molecular formula is C25H35N5O4. The van der Waals surface area contributed by atoms with Crippen LogP contribution >= 0.6 is 0 Å². The number of amides is 4. The molecule has 0 unspecified atom stereocenters. The SMILES string of the molecule is CC1CCC([C@H](NC(=O)N2CCCC2)C(=O)Nc2cc3c(cn2)C2(CCOCC2)C(=O)N3)CC1. The number of ether oxygens (including phenoxy) is 1. The maximum atomic E-state index is 13.4. The van der Waals surface area contributed by atoms with Crippen LogP contribution in [0.4, 0.5) is 16.3 Å². The number of carbonyl (C=O) groups is 3. The summed E-state index contributed by atoms with van der Waals surface area (Å²) in [5, 5.41) is 8.93. The molecule has 9 heteroatoms. The van der Waals surface area contributed by atoms with Crippen molar-refractivity contribution < 1.29 is 19.1 Å². The zero-order chi connectivity index (χ0) is 23.7. The van der Waals surface area contributed by atoms with E-state index >= 15 is 0 Å². The first-order valence-electron chi connectivity index (χ1n) is 12.7. The minimum Gasteiger partial charge on any atom is -0.381 e. The largest absolute Gasteiger partial charge is 0.381 e. The van der Waals surface area contributed by atoms with E-state index in [9.17, 15) is 14.4 Å². The van der Waals surface area contributed by atoms with Gasteiger partial charge in [0.25, 0.3) is 0 Å². The normalized spacial score (nSPS) is 26.6. The van der Waals surface area contributed by atoms with Gasteiger partial charge in [0.2, 0.25) is 11.8 Å². The third kappa shape index (κ3) is 4.37. The van der Waals surface area contributed by atoms with Gasteiger partial charge in [-0.25, -0.2) is 9.78 Å². The summed E-state index contributed by atoms with van der Waals surface area (Å²) in [5.74, 6) is 0.863. The van der Waals surface area contributed by atoms with E-state index in [-0.39, 0.29) is 23.8 Å². The minimum atomic E-state index is -0.605. The molecule has 0 radical (unpaired) electrons. The van der Waals surface area contributed by atoms with Crippen LogP contribution in [0.2, 0.25) is 0 Å². The molecule has 4 amide bonds. The standard InChI is InChI=1S/C25H35N5O4/c1-16-4-6-17(7-5-16)21(29-24(33)30-10-2-3-11-30)22(31)28-20-14-19-18(15-26-20)25(23(32)27-19)8-12-34-13-9-25/h14-17,21H,2-13H2,1H3,(H,27,32)(H,29,33)(H,26,28,31)/t16?,17?,21-/m0/s1. The molecule has 34 heavy (non-hydrogen) atoms. The van der Waals surface area contributed by atoms with E-state index < -0.39 is 11.5 Å². The summed E-state index contributed by atoms with van der Waals surface area (Å²) in [5.41, 5.74) is 0.981. The Morgan fingerprint density at radius 1 is 1.18 bits per heavy atom. The van der Waals surface area contributed by atoms with Crippen molar-refractivity contribution in [3.63, 3.8) is 0 Å². The molecule has 4 heterocycles. The highest BCUT2D eigenvalue weighted by Gasteiger charge is 2.48. The summed E-state index contributed by atoms with van der Waals surface area (Å²) >= 11 is 0. The van der Waals surface area contributed by atoms with Crippen LogP contribution in [0.5, 0.6) is 0 Å². The van der Waals surface area contributed by atoms with Gasteiger partial charge in [-0.15, -0.1) is 0 Å². The van der Waals surface area contributed by atoms with Crippen molar-refractivity contribution in [2.24, 2.45) is 11.8 Å². The van der Waals surface area contributed by atoms with Crippen LogP contribution in [0.25, 0.3) is 0 Å². The molecule has 3 fully saturated rings. The number of nitrogens with one attached hydrogen (secondary N) is 3. The number of nitrogens with zero attached hydrogens (tertiary/aromatic N) is 2. The van der Waals surface area contributed by atoms with Crippen molar-refractivity contribution in [1.82, 2.24) is 15.2 Å². The van der Waals surface area contributed by atoms with Gasteiger partial charge >= 0.3 is 6.03 Å². The van der Waals surface area contributed by atoms with Gasteiger partial charge in [0.05, 0.1) is 11.1 Å². The highest BCUT2D eigenvalue weighted by Crippen LogP contribution is 2.44. The average molecular weight is 470 g/mol. The van der Waals surface area contributed by atoms with Gasteiger partial charge in [-0.3, -0.25) is 9.59 Å². The number of fused-ring (bicyclic) bond motifs is 2. The molecule has 4 aliphatic rings. The molecule has 1 saturated carbocycles. The average Bonchev–Trinajstić information content (AvgIpc) is 3.46. The van der Waals surface area contributed by atoms with Gasteiger partial charge in [0.1, 0.15) is 11.9 Å². The first kappa shape index (κ1) is 23.1. The number of hydrogen-bond acceptors (Lipinski definition) is 5. The van der Waals surface area contributed by atoms with Crippen molar-refractivity contribution in [1.29, 1.82) is 0 Å². The topological polar surface area (TPSA) is 113 Å². The molecule has 3 N–H and O–H groups in total. The van der Waals surface area contributed by atoms with E-state index in [1.165, 1.54) is 0 Å². The van der Waals surface area contributed by atoms with Gasteiger partial charge < -0.3 is 25.6 Å². The maximum Gasteiger partial charge on any atom is 0.318 e. The monoisotopic (exact) mass is 469 g/mol. The van der Waals surface area contributed by atoms with Crippen LogP contribution in [0.3, 0.4) is 0 Å². The number of urea groups is 1. The Morgan fingerprint density at radius 3 is 2.59 bits per heavy atom. The Labute approximate surface area is 200 Å². The van der Waals surface area contributed by atoms with Crippen LogP contribution in [0, 0.1) is 11.8 Å². The number of carbonyl (C=O) groups excluding carboxylic acids is 3. The number of rotatable bonds is 4. The predicted molar refractivity (Wildman–Crippen MR) is 127 cm³/mol. The molecular weight excluding hydrogens is 434 g/mol. The van der Waals surface area contributed by atoms with Crippen LogP contribution < -0.4 is 16.0 Å². The van der Waals surface area contributed by atoms with Crippen molar-refractivity contribution in [2.45, 2.75) is 69.7 Å². The number of pyridine rings is 1. The summed E-state index contributed by atoms with van der Waals surface area (Å²) in [6, 6.07) is 0.969. The summed E-state index contributed by atoms with van der Waals surface area (Å²) in [7, 11) is 0. The molecule has 1 atom stereocenters. The summed E-state index contributed by atoms with van der Waals surface area (Å²) in [4.78, 5) is 45.3. The van der Waals surface area contributed by atoms with Gasteiger partial charge in [0, 0.05) is 44.1 Å². The molecule has 5 rings (SSSR count). The van der Waals surface area contributed by atoms with Crippen LogP contribution in [-0.2, 0) is 19.7 Å². The van der Waals surface area contributed by atoms with Gasteiger partial charge in [-0.05, 0) is 50.4 Å². The Kier molecular flexibility index (Phi) is 6.46. The minimum absolute atomic E-state index is 0.0249. The van der Waals surface area contributed by atoms with E-state index in [0.717, 1.165) is 57.2 Å². The molecule has 9 nitrogen and oxygen atoms in total. The highest BCUT2D eigenvalue weighted by molar-refractivity contribution is 6.07. The fraction of sp³-hybridized carbons (Fsp3) is 0.680. The third-order valence-corrected chi connectivity index (χ3v) is 8.19. The van der Waals surface area contributed by atoms with Crippen molar-refractivity contribution in [3.8, 4) is 0 Å². The van der Waals surface area contributed by atoms with Gasteiger partial charge in [-0.1, -0.05) is 19.8 Å². The second-order valence-corrected chi connectivity index (χ2v) is 10.4. The van der Waals surface area contributed by atoms with Crippen LogP contribution in [-0.4, -0.2) is 60.1 Å².